The van der Waals surface area contributed by atoms with Crippen LogP contribution in [0.3, 0.4) is 0 Å². The van der Waals surface area contributed by atoms with E-state index in [0.717, 1.165) is 6.42 Å². The van der Waals surface area contributed by atoms with Gasteiger partial charge in [0.25, 0.3) is 0 Å². The van der Waals surface area contributed by atoms with Gasteiger partial charge in [-0.3, -0.25) is 0 Å². The van der Waals surface area contributed by atoms with Crippen LogP contribution >= 0.6 is 11.8 Å². The van der Waals surface area contributed by atoms with Crippen molar-refractivity contribution in [1.29, 1.82) is 0 Å². The Hall–Kier alpha value is 0.310. The normalized spacial score (nSPS) is 30.3. The Morgan fingerprint density at radius 1 is 1.64 bits per heavy atom. The van der Waals surface area contributed by atoms with E-state index in [1.54, 1.807) is 0 Å². The van der Waals surface area contributed by atoms with E-state index in [1.807, 2.05) is 11.8 Å². The van der Waals surface area contributed by atoms with E-state index in [-0.39, 0.29) is 6.10 Å². The maximum atomic E-state index is 9.80. The summed E-state index contributed by atoms with van der Waals surface area (Å²) in [6.07, 6.45) is 2.27. The maximum Gasteiger partial charge on any atom is 0.0601 e. The van der Waals surface area contributed by atoms with Gasteiger partial charge in [-0.2, -0.15) is 11.8 Å². The van der Waals surface area contributed by atoms with Gasteiger partial charge in [0.1, 0.15) is 0 Å². The fraction of sp³-hybridized carbons (Fsp3) is 1.00. The molecule has 1 aliphatic rings. The molecule has 0 radical (unpaired) electrons. The Morgan fingerprint density at radius 3 is 2.82 bits per heavy atom. The number of aliphatic hydroxyl groups excluding tert-OH is 1. The standard InChI is InChI=1S/C9H18OS/c1-3-7(2)9(10)8-4-5-11-6-8/h7-10H,3-6H2,1-2H3. The third-order valence-corrected chi connectivity index (χ3v) is 3.86. The SMILES string of the molecule is CCC(C)C(O)C1CCSC1. The molecule has 0 saturated carbocycles. The quantitative estimate of drug-likeness (QED) is 0.707. The van der Waals surface area contributed by atoms with Gasteiger partial charge in [-0.05, 0) is 29.8 Å². The smallest absolute Gasteiger partial charge is 0.0601 e. The summed E-state index contributed by atoms with van der Waals surface area (Å²) in [6.45, 7) is 4.30. The first-order chi connectivity index (χ1) is 5.25. The van der Waals surface area contributed by atoms with Crippen molar-refractivity contribution >= 4 is 11.8 Å². The molecule has 0 aliphatic carbocycles. The fourth-order valence-corrected chi connectivity index (χ4v) is 2.83. The molecule has 11 heavy (non-hydrogen) atoms. The number of rotatable bonds is 3. The molecule has 3 unspecified atom stereocenters. The van der Waals surface area contributed by atoms with Gasteiger partial charge in [-0.15, -0.1) is 0 Å². The van der Waals surface area contributed by atoms with E-state index in [1.165, 1.54) is 17.9 Å². The largest absolute Gasteiger partial charge is 0.393 e. The highest BCUT2D eigenvalue weighted by Crippen LogP contribution is 2.29. The average molecular weight is 174 g/mol. The molecule has 1 N–H and O–H groups in total. The molecule has 1 saturated heterocycles. The van der Waals surface area contributed by atoms with Gasteiger partial charge in [0.15, 0.2) is 0 Å². The van der Waals surface area contributed by atoms with Crippen LogP contribution in [0.5, 0.6) is 0 Å². The molecular formula is C9H18OS. The zero-order chi connectivity index (χ0) is 8.27. The lowest BCUT2D eigenvalue weighted by molar-refractivity contribution is 0.0663. The lowest BCUT2D eigenvalue weighted by Gasteiger charge is -2.22. The Balaban J connectivity index is 2.32. The number of hydrogen-bond donors (Lipinski definition) is 1. The zero-order valence-corrected chi connectivity index (χ0v) is 8.23. The number of thioether (sulfide) groups is 1. The van der Waals surface area contributed by atoms with Crippen LogP contribution in [-0.4, -0.2) is 22.7 Å². The van der Waals surface area contributed by atoms with Crippen LogP contribution in [-0.2, 0) is 0 Å². The molecule has 1 nitrogen and oxygen atoms in total. The monoisotopic (exact) mass is 174 g/mol. The molecule has 1 heterocycles. The van der Waals surface area contributed by atoms with E-state index in [4.69, 9.17) is 0 Å². The Labute approximate surface area is 73.6 Å². The van der Waals surface area contributed by atoms with Crippen LogP contribution in [0.4, 0.5) is 0 Å². The van der Waals surface area contributed by atoms with E-state index in [9.17, 15) is 5.11 Å². The minimum absolute atomic E-state index is 0.0463. The molecule has 66 valence electrons. The van der Waals surface area contributed by atoms with Gasteiger partial charge in [0.05, 0.1) is 6.10 Å². The molecule has 0 aromatic carbocycles. The van der Waals surface area contributed by atoms with Crippen molar-refractivity contribution < 1.29 is 5.11 Å². The third-order valence-electron chi connectivity index (χ3n) is 2.67. The predicted octanol–water partition coefficient (Wildman–Crippen LogP) is 2.15. The molecule has 1 aliphatic heterocycles. The highest BCUT2D eigenvalue weighted by Gasteiger charge is 2.26. The minimum Gasteiger partial charge on any atom is -0.393 e. The van der Waals surface area contributed by atoms with Crippen molar-refractivity contribution in [2.75, 3.05) is 11.5 Å². The van der Waals surface area contributed by atoms with Crippen molar-refractivity contribution in [3.05, 3.63) is 0 Å². The van der Waals surface area contributed by atoms with Crippen molar-refractivity contribution in [1.82, 2.24) is 0 Å². The highest BCUT2D eigenvalue weighted by atomic mass is 32.2. The lowest BCUT2D eigenvalue weighted by Crippen LogP contribution is -2.26. The Kier molecular flexibility index (Phi) is 3.73. The molecule has 1 fully saturated rings. The topological polar surface area (TPSA) is 20.2 Å². The second kappa shape index (κ2) is 4.36. The first-order valence-corrected chi connectivity index (χ1v) is 5.67. The summed E-state index contributed by atoms with van der Waals surface area (Å²) >= 11 is 1.98. The van der Waals surface area contributed by atoms with Gasteiger partial charge in [-0.25, -0.2) is 0 Å². The van der Waals surface area contributed by atoms with Crippen LogP contribution in [0.1, 0.15) is 26.7 Å². The van der Waals surface area contributed by atoms with Crippen molar-refractivity contribution in [2.24, 2.45) is 11.8 Å². The van der Waals surface area contributed by atoms with Gasteiger partial charge in [0, 0.05) is 0 Å². The zero-order valence-electron chi connectivity index (χ0n) is 7.42. The summed E-state index contributed by atoms with van der Waals surface area (Å²) < 4.78 is 0. The van der Waals surface area contributed by atoms with Crippen molar-refractivity contribution in [3.63, 3.8) is 0 Å². The van der Waals surface area contributed by atoms with Crippen molar-refractivity contribution in [2.45, 2.75) is 32.8 Å². The van der Waals surface area contributed by atoms with Gasteiger partial charge in [-0.1, -0.05) is 20.3 Å². The second-order valence-corrected chi connectivity index (χ2v) is 4.65. The predicted molar refractivity (Wildman–Crippen MR) is 50.9 cm³/mol. The Bertz CT molecular complexity index is 110. The van der Waals surface area contributed by atoms with E-state index in [0.29, 0.717) is 11.8 Å². The van der Waals surface area contributed by atoms with Crippen molar-refractivity contribution in [3.8, 4) is 0 Å². The van der Waals surface area contributed by atoms with E-state index >= 15 is 0 Å². The van der Waals surface area contributed by atoms with Gasteiger partial charge < -0.3 is 5.11 Å². The van der Waals surface area contributed by atoms with Gasteiger partial charge in [0.2, 0.25) is 0 Å². The summed E-state index contributed by atoms with van der Waals surface area (Å²) in [5.74, 6) is 3.48. The van der Waals surface area contributed by atoms with Gasteiger partial charge >= 0.3 is 0 Å². The lowest BCUT2D eigenvalue weighted by atomic mass is 9.90. The molecule has 0 amide bonds. The van der Waals surface area contributed by atoms with Crippen LogP contribution in [0, 0.1) is 11.8 Å². The first kappa shape index (κ1) is 9.40. The third kappa shape index (κ3) is 2.38. The fourth-order valence-electron chi connectivity index (χ4n) is 1.53. The molecule has 2 heteroatoms. The summed E-state index contributed by atoms with van der Waals surface area (Å²) in [5.41, 5.74) is 0. The summed E-state index contributed by atoms with van der Waals surface area (Å²) in [4.78, 5) is 0. The van der Waals surface area contributed by atoms with Crippen LogP contribution < -0.4 is 0 Å². The summed E-state index contributed by atoms with van der Waals surface area (Å²) in [7, 11) is 0. The van der Waals surface area contributed by atoms with E-state index < -0.39 is 0 Å². The minimum atomic E-state index is -0.0463. The summed E-state index contributed by atoms with van der Waals surface area (Å²) in [6, 6.07) is 0. The molecule has 0 aromatic heterocycles. The second-order valence-electron chi connectivity index (χ2n) is 3.50. The van der Waals surface area contributed by atoms with Crippen LogP contribution in [0.15, 0.2) is 0 Å². The van der Waals surface area contributed by atoms with Crippen LogP contribution in [0.25, 0.3) is 0 Å². The average Bonchev–Trinajstić information content (AvgIpc) is 2.53. The maximum absolute atomic E-state index is 9.80. The Morgan fingerprint density at radius 2 is 2.36 bits per heavy atom. The highest BCUT2D eigenvalue weighted by molar-refractivity contribution is 7.99. The van der Waals surface area contributed by atoms with Crippen LogP contribution in [0.2, 0.25) is 0 Å². The molecule has 0 spiro atoms. The molecule has 0 bridgehead atoms. The summed E-state index contributed by atoms with van der Waals surface area (Å²) in [5, 5.41) is 9.80. The molecular weight excluding hydrogens is 156 g/mol. The molecule has 3 atom stereocenters. The molecule has 0 aromatic rings. The molecule has 1 rings (SSSR count). The number of hydrogen-bond acceptors (Lipinski definition) is 2. The first-order valence-electron chi connectivity index (χ1n) is 4.51. The van der Waals surface area contributed by atoms with E-state index in [2.05, 4.69) is 13.8 Å². The number of aliphatic hydroxyl groups is 1.